The third-order valence-electron chi connectivity index (χ3n) is 2.53. The molecule has 2 rings (SSSR count). The highest BCUT2D eigenvalue weighted by Gasteiger charge is 2.10. The number of amides is 1. The number of hydrogen-bond acceptors (Lipinski definition) is 5. The lowest BCUT2D eigenvalue weighted by molar-refractivity contribution is -0.127. The Hall–Kier alpha value is -1.53. The van der Waals surface area contributed by atoms with Crippen LogP contribution in [-0.2, 0) is 11.3 Å². The fourth-order valence-electron chi connectivity index (χ4n) is 1.47. The van der Waals surface area contributed by atoms with Crippen molar-refractivity contribution >= 4 is 34.7 Å². The summed E-state index contributed by atoms with van der Waals surface area (Å²) in [6, 6.07) is 5.64. The van der Waals surface area contributed by atoms with Gasteiger partial charge in [-0.25, -0.2) is 4.98 Å². The molecule has 0 aromatic carbocycles. The molecule has 2 aromatic rings. The summed E-state index contributed by atoms with van der Waals surface area (Å²) < 4.78 is 0. The zero-order valence-corrected chi connectivity index (χ0v) is 12.2. The van der Waals surface area contributed by atoms with Gasteiger partial charge in [0.2, 0.25) is 5.91 Å². The van der Waals surface area contributed by atoms with Gasteiger partial charge in [0.25, 0.3) is 0 Å². The minimum atomic E-state index is 0.0924. The smallest absolute Gasteiger partial charge is 0.233 e. The number of thioether (sulfide) groups is 1. The van der Waals surface area contributed by atoms with Crippen LogP contribution in [-0.4, -0.2) is 28.6 Å². The number of thiophene rings is 1. The number of nitrogens with two attached hydrogens (primary N) is 1. The van der Waals surface area contributed by atoms with Crippen LogP contribution < -0.4 is 5.73 Å². The maximum Gasteiger partial charge on any atom is 0.233 e. The second-order valence-electron chi connectivity index (χ2n) is 4.10. The van der Waals surface area contributed by atoms with E-state index in [0.717, 1.165) is 10.6 Å². The van der Waals surface area contributed by atoms with Gasteiger partial charge in [-0.3, -0.25) is 4.79 Å². The molecule has 0 fully saturated rings. The van der Waals surface area contributed by atoms with E-state index in [9.17, 15) is 4.79 Å². The van der Waals surface area contributed by atoms with Gasteiger partial charge in [-0.15, -0.1) is 0 Å². The molecular weight excluding hydrogens is 278 g/mol. The molecule has 0 atom stereocenters. The maximum absolute atomic E-state index is 12.0. The first kappa shape index (κ1) is 13.9. The highest BCUT2D eigenvalue weighted by molar-refractivity contribution is 7.99. The Morgan fingerprint density at radius 1 is 1.47 bits per heavy atom. The average Bonchev–Trinajstić information content (AvgIpc) is 2.90. The first-order chi connectivity index (χ1) is 9.15. The maximum atomic E-state index is 12.0. The van der Waals surface area contributed by atoms with Gasteiger partial charge in [0.1, 0.15) is 0 Å². The summed E-state index contributed by atoms with van der Waals surface area (Å²) in [7, 11) is 1.82. The van der Waals surface area contributed by atoms with E-state index in [-0.39, 0.29) is 5.91 Å². The van der Waals surface area contributed by atoms with Crippen LogP contribution in [0.2, 0.25) is 0 Å². The summed E-state index contributed by atoms with van der Waals surface area (Å²) >= 11 is 3.06. The van der Waals surface area contributed by atoms with Gasteiger partial charge in [0.15, 0.2) is 0 Å². The number of nitrogen functional groups attached to an aromatic ring is 1. The highest BCUT2D eigenvalue weighted by Crippen LogP contribution is 2.17. The molecule has 0 saturated heterocycles. The van der Waals surface area contributed by atoms with Crippen LogP contribution in [0.4, 0.5) is 5.69 Å². The molecule has 0 radical (unpaired) electrons. The monoisotopic (exact) mass is 293 g/mol. The van der Waals surface area contributed by atoms with Gasteiger partial charge >= 0.3 is 0 Å². The molecule has 19 heavy (non-hydrogen) atoms. The Morgan fingerprint density at radius 3 is 2.95 bits per heavy atom. The van der Waals surface area contributed by atoms with Crippen molar-refractivity contribution in [2.45, 2.75) is 11.6 Å². The predicted octanol–water partition coefficient (Wildman–Crippen LogP) is 2.48. The van der Waals surface area contributed by atoms with Crippen molar-refractivity contribution in [3.63, 3.8) is 0 Å². The van der Waals surface area contributed by atoms with Crippen LogP contribution in [0.15, 0.2) is 40.2 Å². The molecule has 0 saturated carbocycles. The van der Waals surface area contributed by atoms with Crippen LogP contribution in [0.3, 0.4) is 0 Å². The van der Waals surface area contributed by atoms with Gasteiger partial charge in [0.05, 0.1) is 22.7 Å². The Morgan fingerprint density at radius 2 is 2.32 bits per heavy atom. The molecule has 4 nitrogen and oxygen atoms in total. The number of carbonyl (C=O) groups is 1. The van der Waals surface area contributed by atoms with Crippen molar-refractivity contribution in [1.82, 2.24) is 9.88 Å². The quantitative estimate of drug-likeness (QED) is 0.860. The second kappa shape index (κ2) is 6.58. The van der Waals surface area contributed by atoms with Crippen LogP contribution in [0, 0.1) is 0 Å². The second-order valence-corrected chi connectivity index (χ2v) is 5.88. The first-order valence-corrected chi connectivity index (χ1v) is 7.67. The van der Waals surface area contributed by atoms with E-state index in [1.165, 1.54) is 11.8 Å². The fourth-order valence-corrected chi connectivity index (χ4v) is 2.91. The number of carbonyl (C=O) groups excluding carboxylic acids is 1. The lowest BCUT2D eigenvalue weighted by Gasteiger charge is -2.16. The number of pyridine rings is 1. The van der Waals surface area contributed by atoms with Crippen LogP contribution in [0.1, 0.15) is 5.56 Å². The Labute approximate surface area is 120 Å². The van der Waals surface area contributed by atoms with E-state index in [0.29, 0.717) is 18.0 Å². The summed E-state index contributed by atoms with van der Waals surface area (Å²) in [5, 5.41) is 4.88. The van der Waals surface area contributed by atoms with Crippen molar-refractivity contribution < 1.29 is 4.79 Å². The number of hydrogen-bond donors (Lipinski definition) is 1. The number of nitrogens with zero attached hydrogens (tertiary/aromatic N) is 2. The molecular formula is C13H15N3OS2. The molecule has 0 bridgehead atoms. The molecule has 0 spiro atoms. The molecule has 6 heteroatoms. The lowest BCUT2D eigenvalue weighted by Crippen LogP contribution is -2.27. The lowest BCUT2D eigenvalue weighted by atomic mass is 10.3. The number of rotatable bonds is 5. The van der Waals surface area contributed by atoms with E-state index in [2.05, 4.69) is 10.4 Å². The van der Waals surface area contributed by atoms with Crippen molar-refractivity contribution in [3.05, 3.63) is 40.7 Å². The minimum Gasteiger partial charge on any atom is -0.397 e. The summed E-state index contributed by atoms with van der Waals surface area (Å²) in [6.07, 6.45) is 1.60. The van der Waals surface area contributed by atoms with Crippen LogP contribution >= 0.6 is 23.1 Å². The van der Waals surface area contributed by atoms with Crippen molar-refractivity contribution in [2.75, 3.05) is 18.5 Å². The van der Waals surface area contributed by atoms with Crippen molar-refractivity contribution in [2.24, 2.45) is 0 Å². The van der Waals surface area contributed by atoms with Gasteiger partial charge < -0.3 is 10.6 Å². The zero-order valence-electron chi connectivity index (χ0n) is 10.6. The van der Waals surface area contributed by atoms with Gasteiger partial charge in [0, 0.05) is 13.6 Å². The van der Waals surface area contributed by atoms with Gasteiger partial charge in [-0.05, 0) is 34.5 Å². The van der Waals surface area contributed by atoms with E-state index in [1.54, 1.807) is 28.5 Å². The summed E-state index contributed by atoms with van der Waals surface area (Å²) in [5.41, 5.74) is 7.35. The average molecular weight is 293 g/mol. The Kier molecular flexibility index (Phi) is 4.81. The van der Waals surface area contributed by atoms with Crippen LogP contribution in [0.25, 0.3) is 0 Å². The largest absolute Gasteiger partial charge is 0.397 e. The van der Waals surface area contributed by atoms with E-state index in [1.807, 2.05) is 24.6 Å². The van der Waals surface area contributed by atoms with Gasteiger partial charge in [-0.2, -0.15) is 11.3 Å². The Balaban J connectivity index is 1.82. The van der Waals surface area contributed by atoms with Gasteiger partial charge in [-0.1, -0.05) is 11.8 Å². The number of anilines is 1. The van der Waals surface area contributed by atoms with E-state index >= 15 is 0 Å². The molecule has 0 aliphatic carbocycles. The third-order valence-corrected chi connectivity index (χ3v) is 4.19. The molecule has 0 aliphatic heterocycles. The molecule has 2 heterocycles. The number of aromatic nitrogens is 1. The molecule has 0 unspecified atom stereocenters. The predicted molar refractivity (Wildman–Crippen MR) is 80.2 cm³/mol. The third kappa shape index (κ3) is 4.25. The first-order valence-electron chi connectivity index (χ1n) is 5.74. The topological polar surface area (TPSA) is 59.2 Å². The van der Waals surface area contributed by atoms with Crippen LogP contribution in [0.5, 0.6) is 0 Å². The molecule has 2 N–H and O–H groups in total. The van der Waals surface area contributed by atoms with E-state index < -0.39 is 0 Å². The Bertz CT molecular complexity index is 525. The molecule has 2 aromatic heterocycles. The fraction of sp³-hybridized carbons (Fsp3) is 0.231. The molecule has 100 valence electrons. The minimum absolute atomic E-state index is 0.0924. The standard InChI is InChI=1S/C13H15N3OS2/c1-16(7-10-4-5-18-8-10)13(17)9-19-12-3-2-11(14)6-15-12/h2-6,8H,7,9,14H2,1H3. The highest BCUT2D eigenvalue weighted by atomic mass is 32.2. The summed E-state index contributed by atoms with van der Waals surface area (Å²) in [6.45, 7) is 0.651. The van der Waals surface area contributed by atoms with Crippen molar-refractivity contribution in [1.29, 1.82) is 0 Å². The van der Waals surface area contributed by atoms with E-state index in [4.69, 9.17) is 5.73 Å². The summed E-state index contributed by atoms with van der Waals surface area (Å²) in [4.78, 5) is 17.8. The SMILES string of the molecule is CN(Cc1ccsc1)C(=O)CSc1ccc(N)cn1. The summed E-state index contributed by atoms with van der Waals surface area (Å²) in [5.74, 6) is 0.479. The zero-order chi connectivity index (χ0) is 13.7. The normalized spacial score (nSPS) is 10.4. The molecule has 0 aliphatic rings. The van der Waals surface area contributed by atoms with Crippen molar-refractivity contribution in [3.8, 4) is 0 Å². The molecule has 1 amide bonds.